The van der Waals surface area contributed by atoms with Crippen molar-refractivity contribution in [2.45, 2.75) is 22.9 Å². The molecule has 2 rings (SSSR count). The van der Waals surface area contributed by atoms with Gasteiger partial charge in [0.25, 0.3) is 0 Å². The third kappa shape index (κ3) is 2.93. The summed E-state index contributed by atoms with van der Waals surface area (Å²) in [5, 5.41) is 14.5. The van der Waals surface area contributed by atoms with Crippen LogP contribution in [-0.2, 0) is 5.60 Å². The molecule has 110 valence electrons. The number of benzene rings is 1. The second-order valence-corrected chi connectivity index (χ2v) is 5.98. The van der Waals surface area contributed by atoms with Crippen LogP contribution in [0.3, 0.4) is 0 Å². The Morgan fingerprint density at radius 2 is 2.15 bits per heavy atom. The van der Waals surface area contributed by atoms with E-state index in [4.69, 9.17) is 27.6 Å². The summed E-state index contributed by atoms with van der Waals surface area (Å²) in [4.78, 5) is -0.696. The Labute approximate surface area is 126 Å². The van der Waals surface area contributed by atoms with Gasteiger partial charge in [0.15, 0.2) is 0 Å². The van der Waals surface area contributed by atoms with Crippen LogP contribution in [-0.4, -0.2) is 29.7 Å². The average molecular weight is 320 g/mol. The molecule has 0 amide bonds. The molecule has 0 saturated heterocycles. The maximum atomic E-state index is 13.5. The first kappa shape index (κ1) is 15.6. The first-order valence-electron chi connectivity index (χ1n) is 6.22. The van der Waals surface area contributed by atoms with Crippen LogP contribution in [0.4, 0.5) is 4.39 Å². The second-order valence-electron chi connectivity index (χ2n) is 4.70. The molecule has 1 heterocycles. The van der Waals surface area contributed by atoms with Crippen LogP contribution in [0.25, 0.3) is 11.0 Å². The topological polar surface area (TPSA) is 45.4 Å². The lowest BCUT2D eigenvalue weighted by atomic mass is 9.85. The second kappa shape index (κ2) is 6.31. The Hall–Kier alpha value is -0.810. The summed E-state index contributed by atoms with van der Waals surface area (Å²) in [5.41, 5.74) is -0.689. The first-order chi connectivity index (χ1) is 9.51. The average Bonchev–Trinajstić information content (AvgIpc) is 2.91. The maximum absolute atomic E-state index is 13.5. The van der Waals surface area contributed by atoms with E-state index in [1.165, 1.54) is 0 Å². The number of likely N-dealkylation sites (N-methyl/N-ethyl adjacent to an activating group) is 1. The lowest BCUT2D eigenvalue weighted by molar-refractivity contribution is -0.0243. The number of fused-ring (bicyclic) bond motifs is 1. The fourth-order valence-corrected chi connectivity index (χ4v) is 2.68. The number of furan rings is 1. The van der Waals surface area contributed by atoms with E-state index in [1.807, 2.05) is 0 Å². The summed E-state index contributed by atoms with van der Waals surface area (Å²) < 4.78 is 18.8. The van der Waals surface area contributed by atoms with Gasteiger partial charge in [-0.2, -0.15) is 0 Å². The molecule has 0 saturated carbocycles. The number of nitrogens with one attached hydrogen (secondary N) is 1. The predicted octanol–water partition coefficient (Wildman–Crippen LogP) is 3.37. The molecule has 1 aromatic heterocycles. The quantitative estimate of drug-likeness (QED) is 0.802. The number of hydrogen-bond acceptors (Lipinski definition) is 3. The molecular weight excluding hydrogens is 304 g/mol. The van der Waals surface area contributed by atoms with E-state index >= 15 is 0 Å². The SMILES string of the molecule is CNC(CC(Cl)Cl)C(O)(CF)c1ccc2ccoc2c1. The Balaban J connectivity index is 2.41. The van der Waals surface area contributed by atoms with Crippen molar-refractivity contribution in [2.24, 2.45) is 0 Å². The summed E-state index contributed by atoms with van der Waals surface area (Å²) in [6, 6.07) is 6.28. The third-order valence-electron chi connectivity index (χ3n) is 3.50. The summed E-state index contributed by atoms with van der Waals surface area (Å²) in [5.74, 6) is 0. The van der Waals surface area contributed by atoms with Crippen molar-refractivity contribution in [3.05, 3.63) is 36.1 Å². The highest BCUT2D eigenvalue weighted by Gasteiger charge is 2.39. The van der Waals surface area contributed by atoms with Crippen LogP contribution in [0.2, 0.25) is 0 Å². The van der Waals surface area contributed by atoms with E-state index in [9.17, 15) is 9.50 Å². The molecule has 3 nitrogen and oxygen atoms in total. The summed E-state index contributed by atoms with van der Waals surface area (Å²) in [6.07, 6.45) is 1.77. The number of halogens is 3. The molecule has 6 heteroatoms. The van der Waals surface area contributed by atoms with Crippen molar-refractivity contribution in [2.75, 3.05) is 13.7 Å². The van der Waals surface area contributed by atoms with Crippen LogP contribution >= 0.6 is 23.2 Å². The molecule has 1 aromatic carbocycles. The molecule has 2 atom stereocenters. The van der Waals surface area contributed by atoms with E-state index < -0.39 is 23.2 Å². The van der Waals surface area contributed by atoms with Crippen LogP contribution < -0.4 is 5.32 Å². The Morgan fingerprint density at radius 3 is 2.75 bits per heavy atom. The minimum Gasteiger partial charge on any atom is -0.464 e. The number of rotatable bonds is 6. The van der Waals surface area contributed by atoms with Gasteiger partial charge in [-0.05, 0) is 31.2 Å². The van der Waals surface area contributed by atoms with E-state index in [0.29, 0.717) is 11.1 Å². The van der Waals surface area contributed by atoms with Crippen molar-refractivity contribution < 1.29 is 13.9 Å². The molecule has 2 unspecified atom stereocenters. The van der Waals surface area contributed by atoms with Crippen molar-refractivity contribution in [3.8, 4) is 0 Å². The molecule has 0 aliphatic carbocycles. The van der Waals surface area contributed by atoms with Gasteiger partial charge in [-0.1, -0.05) is 12.1 Å². The molecule has 0 bridgehead atoms. The predicted molar refractivity (Wildman–Crippen MR) is 79.0 cm³/mol. The van der Waals surface area contributed by atoms with Gasteiger partial charge in [0.2, 0.25) is 0 Å². The van der Waals surface area contributed by atoms with Gasteiger partial charge in [0, 0.05) is 11.4 Å². The molecule has 20 heavy (non-hydrogen) atoms. The summed E-state index contributed by atoms with van der Waals surface area (Å²) >= 11 is 11.5. The molecule has 0 aliphatic rings. The number of hydrogen-bond donors (Lipinski definition) is 2. The van der Waals surface area contributed by atoms with Gasteiger partial charge >= 0.3 is 0 Å². The maximum Gasteiger partial charge on any atom is 0.134 e. The molecule has 2 N–H and O–H groups in total. The molecule has 0 spiro atoms. The van der Waals surface area contributed by atoms with E-state index in [0.717, 1.165) is 5.39 Å². The Kier molecular flexibility index (Phi) is 4.91. The van der Waals surface area contributed by atoms with Crippen LogP contribution in [0.15, 0.2) is 34.9 Å². The summed E-state index contributed by atoms with van der Waals surface area (Å²) in [7, 11) is 1.63. The van der Waals surface area contributed by atoms with Gasteiger partial charge in [-0.15, -0.1) is 23.2 Å². The fraction of sp³-hybridized carbons (Fsp3) is 0.429. The van der Waals surface area contributed by atoms with E-state index in [-0.39, 0.29) is 6.42 Å². The first-order valence-corrected chi connectivity index (χ1v) is 7.10. The Morgan fingerprint density at radius 1 is 1.40 bits per heavy atom. The van der Waals surface area contributed by atoms with E-state index in [2.05, 4.69) is 5.32 Å². The van der Waals surface area contributed by atoms with Crippen LogP contribution in [0.5, 0.6) is 0 Å². The number of aliphatic hydroxyl groups is 1. The van der Waals surface area contributed by atoms with Crippen LogP contribution in [0, 0.1) is 0 Å². The highest BCUT2D eigenvalue weighted by molar-refractivity contribution is 6.44. The number of alkyl halides is 3. The largest absolute Gasteiger partial charge is 0.464 e. The van der Waals surface area contributed by atoms with Gasteiger partial charge in [0.05, 0.1) is 6.26 Å². The highest BCUT2D eigenvalue weighted by Crippen LogP contribution is 2.32. The molecule has 2 aromatic rings. The molecule has 0 fully saturated rings. The summed E-state index contributed by atoms with van der Waals surface area (Å²) in [6.45, 7) is -0.953. The standard InChI is InChI=1S/C14H16Cl2FNO2/c1-18-12(7-13(15)16)14(19,8-17)10-3-2-9-4-5-20-11(9)6-10/h2-6,12-13,18-19H,7-8H2,1H3. The normalized spacial score (nSPS) is 16.5. The van der Waals surface area contributed by atoms with Gasteiger partial charge < -0.3 is 14.8 Å². The van der Waals surface area contributed by atoms with Gasteiger partial charge in [-0.25, -0.2) is 4.39 Å². The minimum absolute atomic E-state index is 0.218. The van der Waals surface area contributed by atoms with Crippen molar-refractivity contribution in [1.29, 1.82) is 0 Å². The van der Waals surface area contributed by atoms with Gasteiger partial charge in [-0.3, -0.25) is 0 Å². The lowest BCUT2D eigenvalue weighted by Crippen LogP contribution is -2.49. The van der Waals surface area contributed by atoms with Crippen molar-refractivity contribution >= 4 is 34.2 Å². The van der Waals surface area contributed by atoms with E-state index in [1.54, 1.807) is 37.6 Å². The zero-order valence-electron chi connectivity index (χ0n) is 10.9. The van der Waals surface area contributed by atoms with Crippen molar-refractivity contribution in [3.63, 3.8) is 0 Å². The van der Waals surface area contributed by atoms with Crippen molar-refractivity contribution in [1.82, 2.24) is 5.32 Å². The zero-order valence-corrected chi connectivity index (χ0v) is 12.5. The smallest absolute Gasteiger partial charge is 0.134 e. The monoisotopic (exact) mass is 319 g/mol. The van der Waals surface area contributed by atoms with Gasteiger partial charge in [0.1, 0.15) is 22.7 Å². The fourth-order valence-electron chi connectivity index (χ4n) is 2.33. The molecule has 0 radical (unpaired) electrons. The minimum atomic E-state index is -1.71. The molecular formula is C14H16Cl2FNO2. The molecule has 0 aliphatic heterocycles. The van der Waals surface area contributed by atoms with Crippen LogP contribution in [0.1, 0.15) is 12.0 Å². The highest BCUT2D eigenvalue weighted by atomic mass is 35.5. The zero-order chi connectivity index (χ0) is 14.8. The Bertz CT molecular complexity index is 575. The lowest BCUT2D eigenvalue weighted by Gasteiger charge is -2.34. The third-order valence-corrected chi connectivity index (χ3v) is 3.85.